The van der Waals surface area contributed by atoms with Crippen LogP contribution >= 0.6 is 0 Å². The Balaban J connectivity index is 1.93. The van der Waals surface area contributed by atoms with Crippen LogP contribution in [0.25, 0.3) is 0 Å². The third-order valence-electron chi connectivity index (χ3n) is 4.83. The number of pyridine rings is 1. The minimum Gasteiger partial charge on any atom is -0.497 e. The highest BCUT2D eigenvalue weighted by molar-refractivity contribution is 5.54. The lowest BCUT2D eigenvalue weighted by Gasteiger charge is -2.25. The first-order chi connectivity index (χ1) is 14.5. The second-order valence-corrected chi connectivity index (χ2v) is 6.81. The number of aliphatic hydroxyl groups excluding tert-OH is 1. The smallest absolute Gasteiger partial charge is 0.183 e. The van der Waals surface area contributed by atoms with Crippen LogP contribution < -0.4 is 20.1 Å². The SMILES string of the molecule is COc1ccc(CN(Cc2ccc(OC)cc2)c2cc(C(O)OC)c(N)cn2)cc1. The van der Waals surface area contributed by atoms with Gasteiger partial charge in [0, 0.05) is 25.8 Å². The third-order valence-corrected chi connectivity index (χ3v) is 4.83. The largest absolute Gasteiger partial charge is 0.497 e. The second kappa shape index (κ2) is 9.96. The van der Waals surface area contributed by atoms with Gasteiger partial charge < -0.3 is 30.0 Å². The van der Waals surface area contributed by atoms with Crippen LogP contribution in [0, 0.1) is 0 Å². The molecule has 0 fully saturated rings. The summed E-state index contributed by atoms with van der Waals surface area (Å²) in [5.74, 6) is 2.29. The summed E-state index contributed by atoms with van der Waals surface area (Å²) in [4.78, 5) is 6.61. The Bertz CT molecular complexity index is 896. The number of nitrogens with zero attached hydrogens (tertiary/aromatic N) is 2. The molecule has 3 rings (SSSR count). The Hall–Kier alpha value is -3.29. The molecule has 7 nitrogen and oxygen atoms in total. The van der Waals surface area contributed by atoms with Gasteiger partial charge in [-0.1, -0.05) is 24.3 Å². The van der Waals surface area contributed by atoms with E-state index in [1.165, 1.54) is 7.11 Å². The summed E-state index contributed by atoms with van der Waals surface area (Å²) >= 11 is 0. The van der Waals surface area contributed by atoms with Gasteiger partial charge in [0.1, 0.15) is 17.3 Å². The number of anilines is 2. The van der Waals surface area contributed by atoms with E-state index in [4.69, 9.17) is 19.9 Å². The van der Waals surface area contributed by atoms with Gasteiger partial charge in [-0.3, -0.25) is 0 Å². The molecule has 0 saturated heterocycles. The minimum absolute atomic E-state index is 0.377. The highest BCUT2D eigenvalue weighted by Crippen LogP contribution is 2.27. The maximum atomic E-state index is 10.1. The fraction of sp³-hybridized carbons (Fsp3) is 0.261. The van der Waals surface area contributed by atoms with Crippen molar-refractivity contribution in [1.29, 1.82) is 0 Å². The average molecular weight is 409 g/mol. The summed E-state index contributed by atoms with van der Waals surface area (Å²) in [6.45, 7) is 1.21. The maximum Gasteiger partial charge on any atom is 0.183 e. The number of methoxy groups -OCH3 is 3. The second-order valence-electron chi connectivity index (χ2n) is 6.81. The molecule has 1 unspecified atom stereocenters. The molecule has 1 atom stereocenters. The van der Waals surface area contributed by atoms with Gasteiger partial charge in [0.25, 0.3) is 0 Å². The molecule has 0 aliphatic carbocycles. The first kappa shape index (κ1) is 21.4. The van der Waals surface area contributed by atoms with Gasteiger partial charge in [-0.05, 0) is 41.5 Å². The molecule has 0 amide bonds. The molecule has 7 heteroatoms. The molecular formula is C23H27N3O4. The lowest BCUT2D eigenvalue weighted by molar-refractivity contribution is -0.0764. The van der Waals surface area contributed by atoms with E-state index in [0.29, 0.717) is 30.2 Å². The standard InChI is InChI=1S/C23H27N3O4/c1-28-18-8-4-16(5-9-18)14-26(15-17-6-10-19(29-2)11-7-17)22-12-20(23(27)30-3)21(24)13-25-22/h4-13,23,27H,14-15,24H2,1-3H3. The molecule has 158 valence electrons. The quantitative estimate of drug-likeness (QED) is 0.523. The van der Waals surface area contributed by atoms with Crippen molar-refractivity contribution >= 4 is 11.5 Å². The fourth-order valence-corrected chi connectivity index (χ4v) is 3.10. The van der Waals surface area contributed by atoms with E-state index in [9.17, 15) is 5.11 Å². The van der Waals surface area contributed by atoms with Crippen LogP contribution in [0.2, 0.25) is 0 Å². The molecule has 1 aromatic heterocycles. The van der Waals surface area contributed by atoms with E-state index in [0.717, 1.165) is 22.6 Å². The highest BCUT2D eigenvalue weighted by Gasteiger charge is 2.16. The number of nitrogens with two attached hydrogens (primary N) is 1. The average Bonchev–Trinajstić information content (AvgIpc) is 2.79. The van der Waals surface area contributed by atoms with Crippen LogP contribution in [0.15, 0.2) is 60.8 Å². The maximum absolute atomic E-state index is 10.1. The summed E-state index contributed by atoms with van der Waals surface area (Å²) < 4.78 is 15.5. The molecule has 0 saturated carbocycles. The fourth-order valence-electron chi connectivity index (χ4n) is 3.10. The van der Waals surface area contributed by atoms with E-state index in [2.05, 4.69) is 9.88 Å². The molecular weight excluding hydrogens is 382 g/mol. The molecule has 3 aromatic rings. The molecule has 0 radical (unpaired) electrons. The third kappa shape index (κ3) is 5.20. The van der Waals surface area contributed by atoms with E-state index < -0.39 is 6.29 Å². The lowest BCUT2D eigenvalue weighted by atomic mass is 10.1. The van der Waals surface area contributed by atoms with Crippen molar-refractivity contribution in [2.75, 3.05) is 32.0 Å². The zero-order valence-corrected chi connectivity index (χ0v) is 17.4. The van der Waals surface area contributed by atoms with Gasteiger partial charge in [0.15, 0.2) is 6.29 Å². The number of hydrogen-bond donors (Lipinski definition) is 2. The Labute approximate surface area is 176 Å². The number of hydrogen-bond acceptors (Lipinski definition) is 7. The molecule has 1 heterocycles. The van der Waals surface area contributed by atoms with Gasteiger partial charge >= 0.3 is 0 Å². The monoisotopic (exact) mass is 409 g/mol. The lowest BCUT2D eigenvalue weighted by Crippen LogP contribution is -2.23. The number of aliphatic hydroxyl groups is 1. The number of rotatable bonds is 9. The van der Waals surface area contributed by atoms with Crippen molar-refractivity contribution in [3.05, 3.63) is 77.5 Å². The number of aromatic nitrogens is 1. The molecule has 0 aliphatic heterocycles. The van der Waals surface area contributed by atoms with Gasteiger partial charge in [0.05, 0.1) is 26.1 Å². The zero-order valence-electron chi connectivity index (χ0n) is 17.4. The molecule has 0 spiro atoms. The predicted molar refractivity (Wildman–Crippen MR) is 116 cm³/mol. The molecule has 0 aliphatic rings. The van der Waals surface area contributed by atoms with Gasteiger partial charge in [-0.2, -0.15) is 0 Å². The van der Waals surface area contributed by atoms with Crippen molar-refractivity contribution in [3.8, 4) is 11.5 Å². The van der Waals surface area contributed by atoms with Crippen LogP contribution in [0.3, 0.4) is 0 Å². The van der Waals surface area contributed by atoms with E-state index in [-0.39, 0.29) is 0 Å². The number of nitrogen functional groups attached to an aromatic ring is 1. The van der Waals surface area contributed by atoms with Crippen molar-refractivity contribution < 1.29 is 19.3 Å². The summed E-state index contributed by atoms with van der Waals surface area (Å²) in [5, 5.41) is 10.1. The Morgan fingerprint density at radius 3 is 1.83 bits per heavy atom. The zero-order chi connectivity index (χ0) is 21.5. The Morgan fingerprint density at radius 1 is 0.900 bits per heavy atom. The van der Waals surface area contributed by atoms with Crippen LogP contribution in [-0.2, 0) is 17.8 Å². The van der Waals surface area contributed by atoms with E-state index >= 15 is 0 Å². The molecule has 0 bridgehead atoms. The summed E-state index contributed by atoms with van der Waals surface area (Å²) in [6, 6.07) is 17.5. The van der Waals surface area contributed by atoms with E-state index in [1.807, 2.05) is 48.5 Å². The van der Waals surface area contributed by atoms with Crippen molar-refractivity contribution in [2.24, 2.45) is 0 Å². The highest BCUT2D eigenvalue weighted by atomic mass is 16.6. The summed E-state index contributed by atoms with van der Waals surface area (Å²) in [6.07, 6.45) is 0.428. The van der Waals surface area contributed by atoms with Crippen molar-refractivity contribution in [2.45, 2.75) is 19.4 Å². The summed E-state index contributed by atoms with van der Waals surface area (Å²) in [7, 11) is 4.72. The van der Waals surface area contributed by atoms with Crippen molar-refractivity contribution in [3.63, 3.8) is 0 Å². The van der Waals surface area contributed by atoms with Crippen LogP contribution in [0.1, 0.15) is 23.0 Å². The molecule has 2 aromatic carbocycles. The van der Waals surface area contributed by atoms with Crippen molar-refractivity contribution in [1.82, 2.24) is 4.98 Å². The Kier molecular flexibility index (Phi) is 7.11. The van der Waals surface area contributed by atoms with Crippen LogP contribution in [-0.4, -0.2) is 31.4 Å². The Morgan fingerprint density at radius 2 is 1.40 bits per heavy atom. The number of benzene rings is 2. The van der Waals surface area contributed by atoms with Gasteiger partial charge in [-0.15, -0.1) is 0 Å². The molecule has 30 heavy (non-hydrogen) atoms. The molecule has 3 N–H and O–H groups in total. The van der Waals surface area contributed by atoms with Gasteiger partial charge in [0.2, 0.25) is 0 Å². The number of ether oxygens (including phenoxy) is 3. The van der Waals surface area contributed by atoms with Crippen LogP contribution in [0.4, 0.5) is 11.5 Å². The normalized spacial score (nSPS) is 11.7. The minimum atomic E-state index is -1.12. The topological polar surface area (TPSA) is 90.1 Å². The van der Waals surface area contributed by atoms with E-state index in [1.54, 1.807) is 26.5 Å². The van der Waals surface area contributed by atoms with Gasteiger partial charge in [-0.25, -0.2) is 4.98 Å². The van der Waals surface area contributed by atoms with Crippen LogP contribution in [0.5, 0.6) is 11.5 Å². The first-order valence-corrected chi connectivity index (χ1v) is 9.51. The summed E-state index contributed by atoms with van der Waals surface area (Å²) in [5.41, 5.74) is 9.03. The predicted octanol–water partition coefficient (Wildman–Crippen LogP) is 3.53. The first-order valence-electron chi connectivity index (χ1n) is 9.51.